The summed E-state index contributed by atoms with van der Waals surface area (Å²) < 4.78 is 0. The van der Waals surface area contributed by atoms with Crippen molar-refractivity contribution in [2.24, 2.45) is 11.8 Å². The topological polar surface area (TPSA) is 0 Å². The molecular weight excluding hydrogens is 448 g/mol. The van der Waals surface area contributed by atoms with Crippen LogP contribution in [-0.2, 0) is 0 Å². The molecule has 4 heterocycles. The van der Waals surface area contributed by atoms with Gasteiger partial charge in [-0.2, -0.15) is 0 Å². The fourth-order valence-electron chi connectivity index (χ4n) is 8.06. The number of hydrogen-bond donors (Lipinski definition) is 0. The highest BCUT2D eigenvalue weighted by Crippen LogP contribution is 2.78. The van der Waals surface area contributed by atoms with Crippen LogP contribution in [0.3, 0.4) is 0 Å². The van der Waals surface area contributed by atoms with Crippen molar-refractivity contribution < 1.29 is 0 Å². The van der Waals surface area contributed by atoms with Crippen LogP contribution in [0.15, 0.2) is 11.6 Å². The van der Waals surface area contributed by atoms with Crippen molar-refractivity contribution in [3.63, 3.8) is 0 Å². The van der Waals surface area contributed by atoms with Gasteiger partial charge < -0.3 is 0 Å². The van der Waals surface area contributed by atoms with E-state index in [1.807, 2.05) is 0 Å². The van der Waals surface area contributed by atoms with Crippen molar-refractivity contribution in [1.29, 1.82) is 0 Å². The fraction of sp³-hybridized carbons (Fsp3) is 0.926. The van der Waals surface area contributed by atoms with E-state index < -0.39 is 0 Å². The lowest BCUT2D eigenvalue weighted by Crippen LogP contribution is -2.25. The Bertz CT molecular complexity index is 629. The maximum atomic E-state index is 4.88. The van der Waals surface area contributed by atoms with Crippen molar-refractivity contribution in [3.05, 3.63) is 11.6 Å². The van der Waals surface area contributed by atoms with Gasteiger partial charge in [0, 0.05) is 0 Å². The van der Waals surface area contributed by atoms with Crippen LogP contribution in [-0.4, -0.2) is 51.2 Å². The molecule has 4 heteroatoms. The first-order chi connectivity index (χ1) is 14.6. The quantitative estimate of drug-likeness (QED) is 0.331. The highest BCUT2D eigenvalue weighted by atomic mass is 31.2. The lowest BCUT2D eigenvalue weighted by Gasteiger charge is -2.35. The molecule has 0 aromatic heterocycles. The Morgan fingerprint density at radius 3 is 1.65 bits per heavy atom. The van der Waals surface area contributed by atoms with Crippen LogP contribution in [0.2, 0.25) is 0 Å². The van der Waals surface area contributed by atoms with Crippen molar-refractivity contribution in [3.8, 4) is 0 Å². The molecule has 4 aliphatic rings. The van der Waals surface area contributed by atoms with Gasteiger partial charge in [0.1, 0.15) is 0 Å². The first-order valence-electron chi connectivity index (χ1n) is 13.4. The molecule has 0 nitrogen and oxygen atoms in total. The molecule has 31 heavy (non-hydrogen) atoms. The lowest BCUT2D eigenvalue weighted by molar-refractivity contribution is 0.318. The van der Waals surface area contributed by atoms with E-state index in [2.05, 4.69) is 55.4 Å². The van der Waals surface area contributed by atoms with Crippen molar-refractivity contribution >= 4 is 31.7 Å². The van der Waals surface area contributed by atoms with Gasteiger partial charge in [0.15, 0.2) is 0 Å². The third-order valence-electron chi connectivity index (χ3n) is 10.0. The summed E-state index contributed by atoms with van der Waals surface area (Å²) in [7, 11) is 0.638. The normalized spacial score (nSPS) is 51.7. The summed E-state index contributed by atoms with van der Waals surface area (Å²) >= 11 is 0. The van der Waals surface area contributed by atoms with E-state index in [-0.39, 0.29) is 23.8 Å². The van der Waals surface area contributed by atoms with Crippen LogP contribution in [0.5, 0.6) is 0 Å². The molecule has 4 aliphatic heterocycles. The molecule has 4 unspecified atom stereocenters. The maximum absolute atomic E-state index is 4.88. The molecule has 0 radical (unpaired) electrons. The predicted molar refractivity (Wildman–Crippen MR) is 152 cm³/mol. The van der Waals surface area contributed by atoms with E-state index in [1.54, 1.807) is 17.4 Å². The lowest BCUT2D eigenvalue weighted by atomic mass is 9.82. The smallest absolute Gasteiger partial charge is 0.0111 e. The zero-order valence-corrected chi connectivity index (χ0v) is 25.3. The molecule has 178 valence electrons. The minimum atomic E-state index is 0.0223. The summed E-state index contributed by atoms with van der Waals surface area (Å²) in [6.45, 7) is 25.8. The van der Waals surface area contributed by atoms with Gasteiger partial charge in [-0.3, -0.25) is 0 Å². The van der Waals surface area contributed by atoms with Crippen LogP contribution in [0, 0.1) is 11.8 Å². The summed E-state index contributed by atoms with van der Waals surface area (Å²) in [5.74, 6) is 3.68. The van der Waals surface area contributed by atoms with Gasteiger partial charge in [0.05, 0.1) is 0 Å². The average Bonchev–Trinajstić information content (AvgIpc) is 3.39. The Morgan fingerprint density at radius 2 is 1.06 bits per heavy atom. The second kappa shape index (κ2) is 10.2. The van der Waals surface area contributed by atoms with Crippen molar-refractivity contribution in [2.75, 3.05) is 5.90 Å². The second-order valence-electron chi connectivity index (χ2n) is 11.9. The van der Waals surface area contributed by atoms with Crippen LogP contribution < -0.4 is 0 Å². The van der Waals surface area contributed by atoms with E-state index in [0.29, 0.717) is 7.92 Å². The summed E-state index contributed by atoms with van der Waals surface area (Å²) in [5, 5.41) is 1.79. The molecular formula is C27H50P4. The average molecular weight is 499 g/mol. The predicted octanol–water partition coefficient (Wildman–Crippen LogP) is 10.1. The molecule has 4 rings (SSSR count). The van der Waals surface area contributed by atoms with E-state index in [4.69, 9.17) is 6.58 Å². The standard InChI is InChI=1S/C27H50P4/c1-17-10-11-18(2)28(17)16-29-21(5)14-26(23(29)7)27-15-22(6)31(24(27)8)25(9)30-19(3)12-13-20(30)4/h17-24,26-27H,9-16H2,1-8H3/t17-,18-,19-,20-,21-,22-,23-,24-,26?,27?,29?,31?/m1/s1. The van der Waals surface area contributed by atoms with Crippen LogP contribution in [0.1, 0.15) is 93.9 Å². The third-order valence-corrected chi connectivity index (χ3v) is 25.6. The Balaban J connectivity index is 1.45. The van der Waals surface area contributed by atoms with Gasteiger partial charge in [-0.1, -0.05) is 93.7 Å². The number of rotatable bonds is 5. The number of hydrogen-bond acceptors (Lipinski definition) is 0. The van der Waals surface area contributed by atoms with Gasteiger partial charge in [0.2, 0.25) is 0 Å². The van der Waals surface area contributed by atoms with Crippen LogP contribution >= 0.6 is 31.7 Å². The molecule has 0 bridgehead atoms. The monoisotopic (exact) mass is 498 g/mol. The Labute approximate surface area is 200 Å². The molecule has 0 saturated carbocycles. The molecule has 4 saturated heterocycles. The second-order valence-corrected chi connectivity index (χ2v) is 25.1. The van der Waals surface area contributed by atoms with Crippen LogP contribution in [0.25, 0.3) is 0 Å². The molecule has 0 aromatic carbocycles. The summed E-state index contributed by atoms with van der Waals surface area (Å²) in [6.07, 6.45) is 9.03. The van der Waals surface area contributed by atoms with Crippen LogP contribution in [0.4, 0.5) is 0 Å². The molecule has 0 N–H and O–H groups in total. The van der Waals surface area contributed by atoms with Gasteiger partial charge in [-0.05, 0) is 107 Å². The Morgan fingerprint density at radius 1 is 0.581 bits per heavy atom. The summed E-state index contributed by atoms with van der Waals surface area (Å²) in [4.78, 5) is 0. The maximum Gasteiger partial charge on any atom is -0.0111 e. The van der Waals surface area contributed by atoms with E-state index in [0.717, 1.165) is 57.1 Å². The van der Waals surface area contributed by atoms with Gasteiger partial charge in [-0.25, -0.2) is 0 Å². The van der Waals surface area contributed by atoms with Crippen molar-refractivity contribution in [2.45, 2.75) is 139 Å². The molecule has 4 fully saturated rings. The Hall–Kier alpha value is 1.46. The SMILES string of the molecule is C=C(P1[C@H](C)CC[C@H]1C)P1[C@H](C)CC(C2C[C@@H](C)P(CP3[C@H](C)CC[C@H]3C)[C@@H]2C)[C@H]1C. The Kier molecular flexibility index (Phi) is 8.42. The molecule has 0 aliphatic carbocycles. The fourth-order valence-corrected chi connectivity index (χ4v) is 27.1. The zero-order valence-electron chi connectivity index (χ0n) is 21.7. The minimum absolute atomic E-state index is 0.0223. The highest BCUT2D eigenvalue weighted by Gasteiger charge is 2.51. The summed E-state index contributed by atoms with van der Waals surface area (Å²) in [6, 6.07) is 0. The first-order valence-corrected chi connectivity index (χ1v) is 19.7. The first kappa shape index (κ1) is 25.5. The van der Waals surface area contributed by atoms with Crippen molar-refractivity contribution in [1.82, 2.24) is 0 Å². The molecule has 0 aromatic rings. The van der Waals surface area contributed by atoms with E-state index in [9.17, 15) is 0 Å². The molecule has 0 amide bonds. The minimum Gasteiger partial charge on any atom is -0.0965 e. The van der Waals surface area contributed by atoms with Gasteiger partial charge in [-0.15, -0.1) is 0 Å². The van der Waals surface area contributed by atoms with E-state index >= 15 is 0 Å². The summed E-state index contributed by atoms with van der Waals surface area (Å²) in [5.41, 5.74) is 7.88. The molecule has 0 spiro atoms. The van der Waals surface area contributed by atoms with Gasteiger partial charge in [0.25, 0.3) is 0 Å². The molecule has 12 atom stereocenters. The largest absolute Gasteiger partial charge is 0.0965 e. The van der Waals surface area contributed by atoms with E-state index in [1.165, 1.54) is 32.1 Å². The third kappa shape index (κ3) is 4.80. The zero-order chi connectivity index (χ0) is 22.6. The highest BCUT2D eigenvalue weighted by molar-refractivity contribution is 7.83. The van der Waals surface area contributed by atoms with Gasteiger partial charge >= 0.3 is 0 Å².